The fourth-order valence-electron chi connectivity index (χ4n) is 2.81. The maximum absolute atomic E-state index is 12.1. The third-order valence-electron chi connectivity index (χ3n) is 4.11. The molecule has 0 fully saturated rings. The first-order chi connectivity index (χ1) is 13.1. The van der Waals surface area contributed by atoms with Crippen molar-refractivity contribution in [2.24, 2.45) is 0 Å². The maximum Gasteiger partial charge on any atom is 0.251 e. The lowest BCUT2D eigenvalue weighted by molar-refractivity contribution is 0.0945. The Balaban J connectivity index is 1.96. The molecule has 2 aromatic carbocycles. The van der Waals surface area contributed by atoms with Crippen molar-refractivity contribution < 1.29 is 9.90 Å². The lowest BCUT2D eigenvalue weighted by atomic mass is 10.1. The minimum absolute atomic E-state index is 0.0930. The van der Waals surface area contributed by atoms with Crippen LogP contribution in [-0.2, 0) is 0 Å². The molecule has 0 unspecified atom stereocenters. The van der Waals surface area contributed by atoms with Crippen LogP contribution in [0.25, 0.3) is 22.5 Å². The van der Waals surface area contributed by atoms with Gasteiger partial charge in [-0.25, -0.2) is 4.98 Å². The molecule has 2 N–H and O–H groups in total. The number of aliphatic hydroxyl groups is 1. The molecule has 138 valence electrons. The maximum atomic E-state index is 12.1. The number of aliphatic hydroxyl groups excluding tert-OH is 1. The molecule has 0 aliphatic heterocycles. The van der Waals surface area contributed by atoms with Gasteiger partial charge in [0, 0.05) is 43.0 Å². The Hall–Kier alpha value is -3.25. The molecule has 3 rings (SSSR count). The average molecular weight is 362 g/mol. The van der Waals surface area contributed by atoms with Crippen molar-refractivity contribution in [1.82, 2.24) is 15.3 Å². The molecular formula is C21H22N4O2. The third kappa shape index (κ3) is 4.30. The number of hydrogen-bond donors (Lipinski definition) is 2. The summed E-state index contributed by atoms with van der Waals surface area (Å²) in [6, 6.07) is 15.2. The van der Waals surface area contributed by atoms with E-state index in [0.717, 1.165) is 22.5 Å². The molecule has 3 aromatic rings. The van der Waals surface area contributed by atoms with Gasteiger partial charge in [-0.15, -0.1) is 0 Å². The number of nitrogens with zero attached hydrogens (tertiary/aromatic N) is 3. The van der Waals surface area contributed by atoms with Crippen LogP contribution in [0.3, 0.4) is 0 Å². The Morgan fingerprint density at radius 3 is 2.63 bits per heavy atom. The van der Waals surface area contributed by atoms with Crippen molar-refractivity contribution >= 4 is 11.6 Å². The summed E-state index contributed by atoms with van der Waals surface area (Å²) in [4.78, 5) is 23.3. The first kappa shape index (κ1) is 18.5. The van der Waals surface area contributed by atoms with Crippen LogP contribution < -0.4 is 10.2 Å². The number of hydrogen-bond acceptors (Lipinski definition) is 5. The van der Waals surface area contributed by atoms with Crippen LogP contribution in [0, 0.1) is 0 Å². The molecule has 0 spiro atoms. The predicted molar refractivity (Wildman–Crippen MR) is 107 cm³/mol. The summed E-state index contributed by atoms with van der Waals surface area (Å²) in [5.74, 6) is -0.229. The van der Waals surface area contributed by atoms with E-state index in [4.69, 9.17) is 10.1 Å². The first-order valence-corrected chi connectivity index (χ1v) is 8.68. The largest absolute Gasteiger partial charge is 0.395 e. The number of rotatable bonds is 6. The summed E-state index contributed by atoms with van der Waals surface area (Å²) in [7, 11) is 3.98. The van der Waals surface area contributed by atoms with Crippen LogP contribution in [0.15, 0.2) is 60.9 Å². The quantitative estimate of drug-likeness (QED) is 0.705. The lowest BCUT2D eigenvalue weighted by Crippen LogP contribution is -2.26. The van der Waals surface area contributed by atoms with E-state index in [2.05, 4.69) is 10.3 Å². The van der Waals surface area contributed by atoms with E-state index < -0.39 is 0 Å². The van der Waals surface area contributed by atoms with E-state index in [1.54, 1.807) is 24.5 Å². The van der Waals surface area contributed by atoms with Crippen molar-refractivity contribution in [3.05, 3.63) is 66.5 Å². The van der Waals surface area contributed by atoms with Crippen LogP contribution in [0.5, 0.6) is 0 Å². The van der Waals surface area contributed by atoms with Crippen LogP contribution in [0.1, 0.15) is 10.4 Å². The van der Waals surface area contributed by atoms with Gasteiger partial charge < -0.3 is 15.3 Å². The number of aromatic nitrogens is 2. The molecule has 1 amide bonds. The zero-order valence-corrected chi connectivity index (χ0v) is 15.4. The molecule has 0 saturated heterocycles. The van der Waals surface area contributed by atoms with Gasteiger partial charge in [-0.3, -0.25) is 9.78 Å². The summed E-state index contributed by atoms with van der Waals surface area (Å²) in [6.45, 7) is 0.129. The standard InChI is InChI=1S/C21H22N4O2/c1-25(2)20-9-4-3-8-17(20)19-14-22-13-18(24-19)15-6-5-7-16(12-15)21(27)23-10-11-26/h3-9,12-14,26H,10-11H2,1-2H3,(H,23,27). The minimum Gasteiger partial charge on any atom is -0.395 e. The van der Waals surface area contributed by atoms with E-state index in [9.17, 15) is 4.79 Å². The van der Waals surface area contributed by atoms with Gasteiger partial charge in [0.15, 0.2) is 0 Å². The van der Waals surface area contributed by atoms with Crippen LogP contribution in [0.4, 0.5) is 5.69 Å². The fraction of sp³-hybridized carbons (Fsp3) is 0.190. The Bertz CT molecular complexity index is 941. The van der Waals surface area contributed by atoms with Crippen LogP contribution in [-0.4, -0.2) is 48.2 Å². The number of amides is 1. The van der Waals surface area contributed by atoms with Crippen LogP contribution >= 0.6 is 0 Å². The van der Waals surface area contributed by atoms with E-state index >= 15 is 0 Å². The van der Waals surface area contributed by atoms with Gasteiger partial charge in [0.1, 0.15) is 0 Å². The number of carbonyl (C=O) groups is 1. The highest BCUT2D eigenvalue weighted by Crippen LogP contribution is 2.29. The molecule has 0 saturated carbocycles. The number of carbonyl (C=O) groups excluding carboxylic acids is 1. The average Bonchev–Trinajstić information content (AvgIpc) is 2.72. The second kappa shape index (κ2) is 8.42. The Morgan fingerprint density at radius 1 is 1.07 bits per heavy atom. The second-order valence-corrected chi connectivity index (χ2v) is 6.26. The molecule has 0 aliphatic carbocycles. The molecule has 1 aromatic heterocycles. The number of anilines is 1. The summed E-state index contributed by atoms with van der Waals surface area (Å²) < 4.78 is 0. The third-order valence-corrected chi connectivity index (χ3v) is 4.11. The van der Waals surface area contributed by atoms with Gasteiger partial charge >= 0.3 is 0 Å². The van der Waals surface area contributed by atoms with E-state index in [1.807, 2.05) is 55.4 Å². The summed E-state index contributed by atoms with van der Waals surface area (Å²) in [5, 5.41) is 11.5. The SMILES string of the molecule is CN(C)c1ccccc1-c1cncc(-c2cccc(C(=O)NCCO)c2)n1. The Morgan fingerprint density at radius 2 is 1.85 bits per heavy atom. The Labute approximate surface area is 158 Å². The zero-order chi connectivity index (χ0) is 19.2. The van der Waals surface area contributed by atoms with E-state index in [0.29, 0.717) is 11.3 Å². The Kier molecular flexibility index (Phi) is 5.78. The zero-order valence-electron chi connectivity index (χ0n) is 15.4. The molecule has 0 bridgehead atoms. The minimum atomic E-state index is -0.229. The van der Waals surface area contributed by atoms with Gasteiger partial charge in [0.05, 0.1) is 30.4 Å². The molecular weight excluding hydrogens is 340 g/mol. The second-order valence-electron chi connectivity index (χ2n) is 6.26. The monoisotopic (exact) mass is 362 g/mol. The normalized spacial score (nSPS) is 10.5. The smallest absolute Gasteiger partial charge is 0.251 e. The first-order valence-electron chi connectivity index (χ1n) is 8.68. The van der Waals surface area contributed by atoms with Gasteiger partial charge in [-0.05, 0) is 18.2 Å². The molecule has 6 nitrogen and oxygen atoms in total. The predicted octanol–water partition coefficient (Wildman–Crippen LogP) is 2.60. The van der Waals surface area contributed by atoms with Crippen LogP contribution in [0.2, 0.25) is 0 Å². The molecule has 0 aliphatic rings. The van der Waals surface area contributed by atoms with Gasteiger partial charge in [-0.2, -0.15) is 0 Å². The van der Waals surface area contributed by atoms with Gasteiger partial charge in [-0.1, -0.05) is 30.3 Å². The molecule has 27 heavy (non-hydrogen) atoms. The number of benzene rings is 2. The van der Waals surface area contributed by atoms with Crippen molar-refractivity contribution in [2.45, 2.75) is 0 Å². The summed E-state index contributed by atoms with van der Waals surface area (Å²) in [5.41, 5.74) is 4.84. The number of nitrogens with one attached hydrogen (secondary N) is 1. The topological polar surface area (TPSA) is 78.4 Å². The lowest BCUT2D eigenvalue weighted by Gasteiger charge is -2.17. The van der Waals surface area contributed by atoms with Gasteiger partial charge in [0.25, 0.3) is 5.91 Å². The fourth-order valence-corrected chi connectivity index (χ4v) is 2.81. The molecule has 0 atom stereocenters. The highest BCUT2D eigenvalue weighted by molar-refractivity contribution is 5.95. The highest BCUT2D eigenvalue weighted by atomic mass is 16.3. The molecule has 6 heteroatoms. The highest BCUT2D eigenvalue weighted by Gasteiger charge is 2.11. The molecule has 1 heterocycles. The summed E-state index contributed by atoms with van der Waals surface area (Å²) >= 11 is 0. The molecule has 0 radical (unpaired) electrons. The van der Waals surface area contributed by atoms with Crippen molar-refractivity contribution in [3.8, 4) is 22.5 Å². The van der Waals surface area contributed by atoms with Gasteiger partial charge in [0.2, 0.25) is 0 Å². The van der Waals surface area contributed by atoms with Crippen molar-refractivity contribution in [3.63, 3.8) is 0 Å². The van der Waals surface area contributed by atoms with E-state index in [1.165, 1.54) is 0 Å². The van der Waals surface area contributed by atoms with Crippen molar-refractivity contribution in [2.75, 3.05) is 32.1 Å². The van der Waals surface area contributed by atoms with Crippen molar-refractivity contribution in [1.29, 1.82) is 0 Å². The van der Waals surface area contributed by atoms with E-state index in [-0.39, 0.29) is 19.1 Å². The summed E-state index contributed by atoms with van der Waals surface area (Å²) in [6.07, 6.45) is 3.43. The number of para-hydroxylation sites is 1.